The van der Waals surface area contributed by atoms with Crippen LogP contribution in [0.15, 0.2) is 18.2 Å². The number of hydrogen-bond donors (Lipinski definition) is 2. The lowest BCUT2D eigenvalue weighted by atomic mass is 9.99. The summed E-state index contributed by atoms with van der Waals surface area (Å²) in [5.74, 6) is -0.760. The maximum atomic E-state index is 12.2. The van der Waals surface area contributed by atoms with Crippen molar-refractivity contribution >= 4 is 23.5 Å². The molecule has 0 aliphatic carbocycles. The van der Waals surface area contributed by atoms with Crippen molar-refractivity contribution in [3.05, 3.63) is 29.3 Å². The van der Waals surface area contributed by atoms with Crippen LogP contribution in [0.4, 0.5) is 10.5 Å². The summed E-state index contributed by atoms with van der Waals surface area (Å²) >= 11 is 0. The lowest BCUT2D eigenvalue weighted by Crippen LogP contribution is -2.44. The molecule has 1 saturated heterocycles. The van der Waals surface area contributed by atoms with Crippen LogP contribution in [0.2, 0.25) is 0 Å². The van der Waals surface area contributed by atoms with Gasteiger partial charge in [0.25, 0.3) is 5.91 Å². The third-order valence-corrected chi connectivity index (χ3v) is 3.86. The summed E-state index contributed by atoms with van der Waals surface area (Å²) in [6, 6.07) is 5.16. The fraction of sp³-hybridized carbons (Fsp3) is 0.438. The van der Waals surface area contributed by atoms with E-state index in [9.17, 15) is 14.4 Å². The number of aryl methyl sites for hydroxylation is 2. The number of rotatable bonds is 4. The molecular formula is C16H21N3O3. The van der Waals surface area contributed by atoms with Gasteiger partial charge in [0, 0.05) is 5.69 Å². The van der Waals surface area contributed by atoms with Crippen molar-refractivity contribution in [2.24, 2.45) is 0 Å². The molecule has 22 heavy (non-hydrogen) atoms. The molecule has 2 N–H and O–H groups in total. The zero-order valence-corrected chi connectivity index (χ0v) is 13.3. The van der Waals surface area contributed by atoms with Crippen molar-refractivity contribution in [3.8, 4) is 0 Å². The molecule has 1 aromatic carbocycles. The van der Waals surface area contributed by atoms with Crippen LogP contribution in [0.5, 0.6) is 0 Å². The highest BCUT2D eigenvalue weighted by atomic mass is 16.2. The fourth-order valence-electron chi connectivity index (χ4n) is 2.52. The van der Waals surface area contributed by atoms with Crippen molar-refractivity contribution in [3.63, 3.8) is 0 Å². The molecule has 1 aliphatic rings. The molecular weight excluding hydrogens is 282 g/mol. The number of anilines is 1. The summed E-state index contributed by atoms with van der Waals surface area (Å²) in [6.07, 6.45) is 0.479. The van der Waals surface area contributed by atoms with Crippen LogP contribution in [-0.2, 0) is 9.59 Å². The zero-order valence-electron chi connectivity index (χ0n) is 13.3. The SMILES string of the molecule is CC[C@@]1(C)NC(=O)N(CC(=O)Nc2cc(C)cc(C)c2)C1=O. The number of urea groups is 1. The molecule has 4 amide bonds. The van der Waals surface area contributed by atoms with Gasteiger partial charge in [-0.15, -0.1) is 0 Å². The summed E-state index contributed by atoms with van der Waals surface area (Å²) in [6.45, 7) is 7.07. The molecule has 0 aromatic heterocycles. The number of benzene rings is 1. The maximum absolute atomic E-state index is 12.2. The molecule has 6 nitrogen and oxygen atoms in total. The van der Waals surface area contributed by atoms with E-state index in [-0.39, 0.29) is 12.5 Å². The van der Waals surface area contributed by atoms with E-state index >= 15 is 0 Å². The Kier molecular flexibility index (Phi) is 4.21. The second-order valence-corrected chi connectivity index (χ2v) is 5.93. The van der Waals surface area contributed by atoms with Gasteiger partial charge in [-0.1, -0.05) is 13.0 Å². The first-order valence-corrected chi connectivity index (χ1v) is 7.27. The molecule has 0 unspecified atom stereocenters. The molecule has 2 rings (SSSR count). The predicted molar refractivity (Wildman–Crippen MR) is 83.5 cm³/mol. The minimum Gasteiger partial charge on any atom is -0.325 e. The summed E-state index contributed by atoms with van der Waals surface area (Å²) in [5.41, 5.74) is 1.80. The molecule has 1 heterocycles. The van der Waals surface area contributed by atoms with Gasteiger partial charge >= 0.3 is 6.03 Å². The molecule has 0 radical (unpaired) electrons. The first-order valence-electron chi connectivity index (χ1n) is 7.27. The van der Waals surface area contributed by atoms with Crippen LogP contribution in [0.3, 0.4) is 0 Å². The van der Waals surface area contributed by atoms with E-state index < -0.39 is 17.5 Å². The van der Waals surface area contributed by atoms with Gasteiger partial charge in [0.2, 0.25) is 5.91 Å². The van der Waals surface area contributed by atoms with Gasteiger partial charge in [-0.05, 0) is 50.5 Å². The molecule has 1 aliphatic heterocycles. The Balaban J connectivity index is 2.06. The van der Waals surface area contributed by atoms with E-state index in [1.165, 1.54) is 0 Å². The molecule has 1 aromatic rings. The van der Waals surface area contributed by atoms with E-state index in [1.807, 2.05) is 39.0 Å². The molecule has 0 bridgehead atoms. The average molecular weight is 303 g/mol. The van der Waals surface area contributed by atoms with Crippen LogP contribution in [0, 0.1) is 13.8 Å². The highest BCUT2D eigenvalue weighted by Gasteiger charge is 2.46. The van der Waals surface area contributed by atoms with Crippen LogP contribution in [0.1, 0.15) is 31.4 Å². The normalized spacial score (nSPS) is 21.0. The molecule has 1 atom stereocenters. The average Bonchev–Trinajstić information content (AvgIpc) is 2.62. The second-order valence-electron chi connectivity index (χ2n) is 5.93. The topological polar surface area (TPSA) is 78.5 Å². The Bertz CT molecular complexity index is 621. The van der Waals surface area contributed by atoms with Gasteiger partial charge in [-0.25, -0.2) is 4.79 Å². The maximum Gasteiger partial charge on any atom is 0.325 e. The van der Waals surface area contributed by atoms with Gasteiger partial charge in [0.05, 0.1) is 0 Å². The number of hydrogen-bond acceptors (Lipinski definition) is 3. The minimum atomic E-state index is -0.919. The van der Waals surface area contributed by atoms with Gasteiger partial charge in [-0.2, -0.15) is 0 Å². The van der Waals surface area contributed by atoms with Gasteiger partial charge in [0.1, 0.15) is 12.1 Å². The number of carbonyl (C=O) groups is 3. The summed E-state index contributed by atoms with van der Waals surface area (Å²) in [7, 11) is 0. The number of imide groups is 1. The van der Waals surface area contributed by atoms with E-state index in [2.05, 4.69) is 10.6 Å². The Labute approximate surface area is 129 Å². The van der Waals surface area contributed by atoms with Crippen LogP contribution < -0.4 is 10.6 Å². The van der Waals surface area contributed by atoms with E-state index in [0.717, 1.165) is 16.0 Å². The third-order valence-electron chi connectivity index (χ3n) is 3.86. The minimum absolute atomic E-state index is 0.284. The van der Waals surface area contributed by atoms with E-state index in [4.69, 9.17) is 0 Å². The zero-order chi connectivity index (χ0) is 16.5. The number of nitrogens with zero attached hydrogens (tertiary/aromatic N) is 1. The quantitative estimate of drug-likeness (QED) is 0.835. The highest BCUT2D eigenvalue weighted by molar-refractivity contribution is 6.09. The summed E-state index contributed by atoms with van der Waals surface area (Å²) in [5, 5.41) is 5.35. The summed E-state index contributed by atoms with van der Waals surface area (Å²) in [4.78, 5) is 37.2. The lowest BCUT2D eigenvalue weighted by molar-refractivity contribution is -0.133. The summed E-state index contributed by atoms with van der Waals surface area (Å²) < 4.78 is 0. The third kappa shape index (κ3) is 3.10. The lowest BCUT2D eigenvalue weighted by Gasteiger charge is -2.19. The first-order chi connectivity index (χ1) is 10.2. The molecule has 0 spiro atoms. The van der Waals surface area contributed by atoms with Crippen molar-refractivity contribution in [2.75, 3.05) is 11.9 Å². The Morgan fingerprint density at radius 1 is 1.23 bits per heavy atom. The van der Waals surface area contributed by atoms with Crippen molar-refractivity contribution in [1.82, 2.24) is 10.2 Å². The standard InChI is InChI=1S/C16H21N3O3/c1-5-16(4)14(21)19(15(22)18-16)9-13(20)17-12-7-10(2)6-11(3)8-12/h6-8H,5,9H2,1-4H3,(H,17,20)(H,18,22)/t16-/m1/s1. The Morgan fingerprint density at radius 2 is 1.82 bits per heavy atom. The van der Waals surface area contributed by atoms with Crippen LogP contribution >= 0.6 is 0 Å². The van der Waals surface area contributed by atoms with Gasteiger partial charge in [0.15, 0.2) is 0 Å². The molecule has 0 saturated carbocycles. The largest absolute Gasteiger partial charge is 0.325 e. The van der Waals surface area contributed by atoms with Crippen molar-refractivity contribution < 1.29 is 14.4 Å². The van der Waals surface area contributed by atoms with E-state index in [1.54, 1.807) is 6.92 Å². The van der Waals surface area contributed by atoms with Gasteiger partial charge in [-0.3, -0.25) is 14.5 Å². The smallest absolute Gasteiger partial charge is 0.325 e. The number of carbonyl (C=O) groups excluding carboxylic acids is 3. The first kappa shape index (κ1) is 16.0. The van der Waals surface area contributed by atoms with Crippen LogP contribution in [-0.4, -0.2) is 34.8 Å². The fourth-order valence-corrected chi connectivity index (χ4v) is 2.52. The number of nitrogens with one attached hydrogen (secondary N) is 2. The monoisotopic (exact) mass is 303 g/mol. The number of amides is 4. The molecule has 118 valence electrons. The van der Waals surface area contributed by atoms with Crippen molar-refractivity contribution in [2.45, 2.75) is 39.7 Å². The highest BCUT2D eigenvalue weighted by Crippen LogP contribution is 2.21. The van der Waals surface area contributed by atoms with Crippen LogP contribution in [0.25, 0.3) is 0 Å². The Hall–Kier alpha value is -2.37. The molecule has 1 fully saturated rings. The van der Waals surface area contributed by atoms with Crippen molar-refractivity contribution in [1.29, 1.82) is 0 Å². The second kappa shape index (κ2) is 5.79. The molecule has 6 heteroatoms. The van der Waals surface area contributed by atoms with Gasteiger partial charge < -0.3 is 10.6 Å². The Morgan fingerprint density at radius 3 is 2.32 bits per heavy atom. The van der Waals surface area contributed by atoms with E-state index in [0.29, 0.717) is 12.1 Å². The predicted octanol–water partition coefficient (Wildman–Crippen LogP) is 1.96.